The van der Waals surface area contributed by atoms with Crippen LogP contribution < -0.4 is 10.5 Å². The molecule has 1 aliphatic carbocycles. The number of carbonyl (C=O) groups excluding carboxylic acids is 1. The first-order valence-electron chi connectivity index (χ1n) is 13.1. The van der Waals surface area contributed by atoms with E-state index in [2.05, 4.69) is 4.72 Å². The van der Waals surface area contributed by atoms with E-state index < -0.39 is 38.5 Å². The molecular formula is C28H40F3N3O3S. The van der Waals surface area contributed by atoms with Crippen molar-refractivity contribution in [2.75, 3.05) is 6.54 Å². The lowest BCUT2D eigenvalue weighted by molar-refractivity contribution is -0.137. The molecule has 1 heterocycles. The molecule has 0 radical (unpaired) electrons. The van der Waals surface area contributed by atoms with Gasteiger partial charge in [0.25, 0.3) is 0 Å². The van der Waals surface area contributed by atoms with Crippen molar-refractivity contribution < 1.29 is 26.4 Å². The van der Waals surface area contributed by atoms with Gasteiger partial charge in [0.05, 0.1) is 11.0 Å². The molecule has 0 aliphatic heterocycles. The van der Waals surface area contributed by atoms with E-state index in [1.54, 1.807) is 26.8 Å². The Morgan fingerprint density at radius 3 is 2.11 bits per heavy atom. The number of sulfonamides is 1. The molecule has 1 aliphatic rings. The molecule has 38 heavy (non-hydrogen) atoms. The van der Waals surface area contributed by atoms with Gasteiger partial charge in [0, 0.05) is 24.5 Å². The monoisotopic (exact) mass is 555 g/mol. The molecule has 1 aromatic carbocycles. The van der Waals surface area contributed by atoms with Crippen LogP contribution in [0, 0.1) is 18.3 Å². The van der Waals surface area contributed by atoms with Gasteiger partial charge in [0.1, 0.15) is 4.90 Å². The van der Waals surface area contributed by atoms with Crippen molar-refractivity contribution in [3.8, 4) is 11.3 Å². The topological polar surface area (TPSA) is 94.2 Å². The lowest BCUT2D eigenvalue weighted by Crippen LogP contribution is -2.42. The number of primary amides is 1. The highest BCUT2D eigenvalue weighted by Crippen LogP contribution is 2.39. The minimum atomic E-state index is -4.55. The van der Waals surface area contributed by atoms with Gasteiger partial charge in [-0.25, -0.2) is 13.1 Å². The summed E-state index contributed by atoms with van der Waals surface area (Å²) in [6, 6.07) is 5.44. The van der Waals surface area contributed by atoms with Gasteiger partial charge in [-0.2, -0.15) is 13.2 Å². The van der Waals surface area contributed by atoms with E-state index >= 15 is 0 Å². The first-order chi connectivity index (χ1) is 17.3. The second-order valence-electron chi connectivity index (χ2n) is 12.2. The number of amides is 1. The second kappa shape index (κ2) is 10.7. The summed E-state index contributed by atoms with van der Waals surface area (Å²) in [6.07, 6.45) is 0.721. The molecule has 2 aromatic rings. The Bertz CT molecular complexity index is 1250. The largest absolute Gasteiger partial charge is 0.416 e. The Morgan fingerprint density at radius 1 is 1.00 bits per heavy atom. The predicted molar refractivity (Wildman–Crippen MR) is 143 cm³/mol. The molecule has 0 unspecified atom stereocenters. The zero-order valence-corrected chi connectivity index (χ0v) is 23.9. The van der Waals surface area contributed by atoms with E-state index in [9.17, 15) is 26.4 Å². The number of benzene rings is 1. The summed E-state index contributed by atoms with van der Waals surface area (Å²) >= 11 is 0. The van der Waals surface area contributed by atoms with Crippen LogP contribution >= 0.6 is 0 Å². The number of carbonyl (C=O) groups is 1. The van der Waals surface area contributed by atoms with Gasteiger partial charge in [-0.05, 0) is 80.3 Å². The molecule has 1 aromatic heterocycles. The highest BCUT2D eigenvalue weighted by molar-refractivity contribution is 7.89. The second-order valence-corrected chi connectivity index (χ2v) is 13.9. The number of nitrogens with one attached hydrogen (secondary N) is 1. The Balaban J connectivity index is 2.19. The number of hydrogen-bond donors (Lipinski definition) is 2. The van der Waals surface area contributed by atoms with E-state index in [-0.39, 0.29) is 11.4 Å². The molecule has 1 amide bonds. The summed E-state index contributed by atoms with van der Waals surface area (Å²) in [6.45, 7) is 10.6. The summed E-state index contributed by atoms with van der Waals surface area (Å²) in [5.41, 5.74) is 4.68. The molecule has 1 saturated carbocycles. The molecule has 0 saturated heterocycles. The fourth-order valence-corrected chi connectivity index (χ4v) is 6.28. The Morgan fingerprint density at radius 2 is 1.58 bits per heavy atom. The maximum atomic E-state index is 13.9. The number of alkyl halides is 3. The van der Waals surface area contributed by atoms with E-state index in [1.165, 1.54) is 6.07 Å². The zero-order chi connectivity index (χ0) is 28.7. The third-order valence-corrected chi connectivity index (χ3v) is 9.09. The third kappa shape index (κ3) is 6.81. The normalized spacial score (nSPS) is 16.1. The molecule has 212 valence electrons. The number of aromatic nitrogens is 1. The molecule has 0 bridgehead atoms. The summed E-state index contributed by atoms with van der Waals surface area (Å²) < 4.78 is 72.9. The van der Waals surface area contributed by atoms with Crippen LogP contribution in [0.4, 0.5) is 13.2 Å². The molecule has 3 rings (SSSR count). The lowest BCUT2D eigenvalue weighted by atomic mass is 9.84. The van der Waals surface area contributed by atoms with Gasteiger partial charge in [0.2, 0.25) is 15.9 Å². The van der Waals surface area contributed by atoms with E-state index in [0.717, 1.165) is 44.2 Å². The maximum absolute atomic E-state index is 13.9. The van der Waals surface area contributed by atoms with Crippen LogP contribution in [-0.4, -0.2) is 25.4 Å². The highest BCUT2D eigenvalue weighted by atomic mass is 32.2. The molecule has 1 fully saturated rings. The molecule has 0 atom stereocenters. The van der Waals surface area contributed by atoms with Gasteiger partial charge < -0.3 is 10.3 Å². The van der Waals surface area contributed by atoms with Crippen LogP contribution in [0.1, 0.15) is 83.5 Å². The quantitative estimate of drug-likeness (QED) is 0.409. The first-order valence-corrected chi connectivity index (χ1v) is 14.5. The van der Waals surface area contributed by atoms with Gasteiger partial charge in [-0.3, -0.25) is 4.79 Å². The molecule has 6 nitrogen and oxygen atoms in total. The SMILES string of the molecule is Cc1c(S(=O)(=O)NCC(C)(C)C(N)=O)cc(-c2cc(C(C)(C)C)cc(C(F)(F)F)c2)n1CC1CCCCC1. The van der Waals surface area contributed by atoms with Crippen LogP contribution in [0.5, 0.6) is 0 Å². The van der Waals surface area contributed by atoms with Crippen molar-refractivity contribution in [1.29, 1.82) is 0 Å². The highest BCUT2D eigenvalue weighted by Gasteiger charge is 2.34. The summed E-state index contributed by atoms with van der Waals surface area (Å²) in [5, 5.41) is 0. The minimum Gasteiger partial charge on any atom is -0.369 e. The predicted octanol–water partition coefficient (Wildman–Crippen LogP) is 6.15. The molecule has 3 N–H and O–H groups in total. The molecular weight excluding hydrogens is 515 g/mol. The lowest BCUT2D eigenvalue weighted by Gasteiger charge is -2.25. The van der Waals surface area contributed by atoms with Crippen molar-refractivity contribution >= 4 is 15.9 Å². The Hall–Kier alpha value is -2.33. The maximum Gasteiger partial charge on any atom is 0.416 e. The minimum absolute atomic E-state index is 0.0155. The van der Waals surface area contributed by atoms with E-state index in [0.29, 0.717) is 35.0 Å². The number of nitrogens with two attached hydrogens (primary N) is 1. The van der Waals surface area contributed by atoms with Gasteiger partial charge in [-0.15, -0.1) is 0 Å². The average Bonchev–Trinajstić information content (AvgIpc) is 3.14. The smallest absolute Gasteiger partial charge is 0.369 e. The van der Waals surface area contributed by atoms with Crippen LogP contribution in [0.15, 0.2) is 29.2 Å². The van der Waals surface area contributed by atoms with Gasteiger partial charge in [-0.1, -0.05) is 40.0 Å². The van der Waals surface area contributed by atoms with Crippen LogP contribution in [0.25, 0.3) is 11.3 Å². The molecule has 10 heteroatoms. The summed E-state index contributed by atoms with van der Waals surface area (Å²) in [7, 11) is -4.09. The van der Waals surface area contributed by atoms with Gasteiger partial charge >= 0.3 is 6.18 Å². The number of rotatable bonds is 8. The van der Waals surface area contributed by atoms with Crippen molar-refractivity contribution in [3.63, 3.8) is 0 Å². The summed E-state index contributed by atoms with van der Waals surface area (Å²) in [5.74, 6) is -0.343. The van der Waals surface area contributed by atoms with Crippen LogP contribution in [-0.2, 0) is 33.0 Å². The number of nitrogens with zero attached hydrogens (tertiary/aromatic N) is 1. The van der Waals surface area contributed by atoms with Crippen LogP contribution in [0.2, 0.25) is 0 Å². The Labute approximate surface area is 224 Å². The van der Waals surface area contributed by atoms with Crippen molar-refractivity contribution in [3.05, 3.63) is 41.1 Å². The van der Waals surface area contributed by atoms with E-state index in [1.807, 2.05) is 25.3 Å². The summed E-state index contributed by atoms with van der Waals surface area (Å²) in [4.78, 5) is 11.7. The van der Waals surface area contributed by atoms with Crippen molar-refractivity contribution in [1.82, 2.24) is 9.29 Å². The Kier molecular flexibility index (Phi) is 8.49. The van der Waals surface area contributed by atoms with Crippen LogP contribution in [0.3, 0.4) is 0 Å². The fourth-order valence-electron chi connectivity index (χ4n) is 4.81. The number of hydrogen-bond acceptors (Lipinski definition) is 3. The van der Waals surface area contributed by atoms with Gasteiger partial charge in [0.15, 0.2) is 0 Å². The first kappa shape index (κ1) is 30.2. The molecule has 0 spiro atoms. The van der Waals surface area contributed by atoms with E-state index in [4.69, 9.17) is 5.73 Å². The average molecular weight is 556 g/mol. The zero-order valence-electron chi connectivity index (χ0n) is 23.1. The van der Waals surface area contributed by atoms with Crippen molar-refractivity contribution in [2.45, 2.75) is 96.7 Å². The standard InChI is InChI=1S/C28H40F3N3O3S/c1-18-24(38(36,37)33-17-27(5,6)25(32)35)15-23(34(18)16-19-10-8-7-9-11-19)20-12-21(26(2,3)4)14-22(13-20)28(29,30)31/h12-15,19,33H,7-11,16-17H2,1-6H3,(H2,32,35). The fraction of sp³-hybridized carbons (Fsp3) is 0.607. The third-order valence-electron chi connectivity index (χ3n) is 7.57. The van der Waals surface area contributed by atoms with Crippen molar-refractivity contribution in [2.24, 2.45) is 17.1 Å². The number of halogens is 3.